The van der Waals surface area contributed by atoms with Crippen LogP contribution in [0, 0.1) is 5.82 Å². The van der Waals surface area contributed by atoms with Gasteiger partial charge in [0.05, 0.1) is 5.52 Å². The second-order valence-corrected chi connectivity index (χ2v) is 8.80. The number of nitrogens with zero attached hydrogens (tertiary/aromatic N) is 1. The van der Waals surface area contributed by atoms with Crippen LogP contribution >= 0.6 is 0 Å². The van der Waals surface area contributed by atoms with Crippen LogP contribution in [0.4, 0.5) is 4.39 Å². The first-order chi connectivity index (χ1) is 15.5. The minimum atomic E-state index is -0.284. The van der Waals surface area contributed by atoms with Gasteiger partial charge in [-0.25, -0.2) is 4.39 Å². The molecule has 1 aliphatic rings. The van der Waals surface area contributed by atoms with E-state index < -0.39 is 0 Å². The maximum absolute atomic E-state index is 14.0. The molecular weight excluding hydrogens is 403 g/mol. The molecule has 0 aliphatic heterocycles. The Bertz CT molecular complexity index is 1120. The number of ether oxygens (including phenoxy) is 1. The lowest BCUT2D eigenvalue weighted by atomic mass is 9.95. The standard InChI is InChI=1S/C27H31FN2O2/c1-19(2)15-16-30-24-13-8-14-26(32-18-20-9-6-7-12-23(20)28)22(24)17-25(30)27(31)29-21-10-4-3-5-11-21/h6-9,12-15,17,21H,3-5,10-11,16,18H2,1-2H3,(H,29,31). The molecule has 0 unspecified atom stereocenters. The summed E-state index contributed by atoms with van der Waals surface area (Å²) in [6.07, 6.45) is 7.77. The highest BCUT2D eigenvalue weighted by atomic mass is 19.1. The average molecular weight is 435 g/mol. The highest BCUT2D eigenvalue weighted by molar-refractivity contribution is 6.00. The third-order valence-corrected chi connectivity index (χ3v) is 6.10. The van der Waals surface area contributed by atoms with Crippen molar-refractivity contribution in [2.75, 3.05) is 0 Å². The van der Waals surface area contributed by atoms with Crippen LogP contribution in [0.15, 0.2) is 60.2 Å². The summed E-state index contributed by atoms with van der Waals surface area (Å²) in [5, 5.41) is 4.10. The molecule has 2 aromatic carbocycles. The molecule has 5 heteroatoms. The average Bonchev–Trinajstić information content (AvgIpc) is 3.17. The predicted octanol–water partition coefficient (Wildman–Crippen LogP) is 6.39. The number of hydrogen-bond donors (Lipinski definition) is 1. The first-order valence-corrected chi connectivity index (χ1v) is 11.5. The number of allylic oxidation sites excluding steroid dienone is 2. The Morgan fingerprint density at radius 1 is 1.12 bits per heavy atom. The van der Waals surface area contributed by atoms with Crippen molar-refractivity contribution in [2.45, 2.75) is 65.1 Å². The minimum absolute atomic E-state index is 0.0460. The lowest BCUT2D eigenvalue weighted by molar-refractivity contribution is 0.0919. The number of fused-ring (bicyclic) bond motifs is 1. The topological polar surface area (TPSA) is 43.3 Å². The fourth-order valence-electron chi connectivity index (χ4n) is 4.32. The first kappa shape index (κ1) is 22.1. The maximum atomic E-state index is 14.0. The van der Waals surface area contributed by atoms with E-state index >= 15 is 0 Å². The van der Waals surface area contributed by atoms with E-state index in [4.69, 9.17) is 4.74 Å². The first-order valence-electron chi connectivity index (χ1n) is 11.5. The molecule has 3 aromatic rings. The predicted molar refractivity (Wildman–Crippen MR) is 126 cm³/mol. The minimum Gasteiger partial charge on any atom is -0.488 e. The molecule has 0 saturated heterocycles. The van der Waals surface area contributed by atoms with E-state index in [1.165, 1.54) is 30.9 Å². The number of benzene rings is 2. The molecule has 0 atom stereocenters. The Morgan fingerprint density at radius 3 is 2.66 bits per heavy atom. The zero-order chi connectivity index (χ0) is 22.5. The maximum Gasteiger partial charge on any atom is 0.268 e. The molecule has 0 spiro atoms. The zero-order valence-corrected chi connectivity index (χ0v) is 18.9. The van der Waals surface area contributed by atoms with Gasteiger partial charge in [-0.05, 0) is 51.0 Å². The SMILES string of the molecule is CC(C)=CCn1c(C(=O)NC2CCCCC2)cc2c(OCc3ccccc3F)cccc21. The molecule has 1 heterocycles. The van der Waals surface area contributed by atoms with Crippen molar-refractivity contribution < 1.29 is 13.9 Å². The van der Waals surface area contributed by atoms with Gasteiger partial charge >= 0.3 is 0 Å². The van der Waals surface area contributed by atoms with Crippen molar-refractivity contribution in [3.05, 3.63) is 77.3 Å². The summed E-state index contributed by atoms with van der Waals surface area (Å²) >= 11 is 0. The van der Waals surface area contributed by atoms with E-state index in [9.17, 15) is 9.18 Å². The smallest absolute Gasteiger partial charge is 0.268 e. The molecular formula is C27H31FN2O2. The molecule has 0 radical (unpaired) electrons. The monoisotopic (exact) mass is 434 g/mol. The number of carbonyl (C=O) groups is 1. The van der Waals surface area contributed by atoms with E-state index in [0.717, 1.165) is 23.7 Å². The van der Waals surface area contributed by atoms with Gasteiger partial charge < -0.3 is 14.6 Å². The Hall–Kier alpha value is -3.08. The fraction of sp³-hybridized carbons (Fsp3) is 0.370. The largest absolute Gasteiger partial charge is 0.488 e. The Labute approximate surface area is 189 Å². The van der Waals surface area contributed by atoms with Crippen molar-refractivity contribution >= 4 is 16.8 Å². The van der Waals surface area contributed by atoms with Crippen molar-refractivity contribution in [1.29, 1.82) is 0 Å². The van der Waals surface area contributed by atoms with Crippen molar-refractivity contribution in [3.63, 3.8) is 0 Å². The molecule has 1 amide bonds. The van der Waals surface area contributed by atoms with E-state index in [-0.39, 0.29) is 24.4 Å². The van der Waals surface area contributed by atoms with Gasteiger partial charge in [-0.2, -0.15) is 0 Å². The van der Waals surface area contributed by atoms with Crippen LogP contribution in [-0.2, 0) is 13.2 Å². The van der Waals surface area contributed by atoms with Crippen molar-refractivity contribution in [3.8, 4) is 5.75 Å². The Balaban J connectivity index is 1.66. The molecule has 1 fully saturated rings. The second-order valence-electron chi connectivity index (χ2n) is 8.80. The normalized spacial score (nSPS) is 14.3. The molecule has 1 N–H and O–H groups in total. The van der Waals surface area contributed by atoms with Crippen LogP contribution in [0.3, 0.4) is 0 Å². The number of nitrogens with one attached hydrogen (secondary N) is 1. The van der Waals surface area contributed by atoms with Gasteiger partial charge in [0.1, 0.15) is 23.9 Å². The number of amides is 1. The van der Waals surface area contributed by atoms with Crippen LogP contribution < -0.4 is 10.1 Å². The summed E-state index contributed by atoms with van der Waals surface area (Å²) < 4.78 is 22.1. The molecule has 0 bridgehead atoms. The van der Waals surface area contributed by atoms with Crippen LogP contribution in [0.5, 0.6) is 5.75 Å². The van der Waals surface area contributed by atoms with Crippen LogP contribution in [-0.4, -0.2) is 16.5 Å². The van der Waals surface area contributed by atoms with E-state index in [2.05, 4.69) is 25.2 Å². The summed E-state index contributed by atoms with van der Waals surface area (Å²) in [5.74, 6) is 0.317. The molecule has 168 valence electrons. The fourth-order valence-corrected chi connectivity index (χ4v) is 4.32. The van der Waals surface area contributed by atoms with Crippen LogP contribution in [0.1, 0.15) is 62.0 Å². The van der Waals surface area contributed by atoms with Gasteiger partial charge in [0.15, 0.2) is 0 Å². The molecule has 4 nitrogen and oxygen atoms in total. The van der Waals surface area contributed by atoms with Crippen molar-refractivity contribution in [1.82, 2.24) is 9.88 Å². The second kappa shape index (κ2) is 10.0. The number of carbonyl (C=O) groups excluding carboxylic acids is 1. The molecule has 4 rings (SSSR count). The highest BCUT2D eigenvalue weighted by Crippen LogP contribution is 2.30. The highest BCUT2D eigenvalue weighted by Gasteiger charge is 2.21. The third kappa shape index (κ3) is 5.04. The summed E-state index contributed by atoms with van der Waals surface area (Å²) in [5.41, 5.74) is 3.26. The third-order valence-electron chi connectivity index (χ3n) is 6.10. The summed E-state index contributed by atoms with van der Waals surface area (Å²) in [6.45, 7) is 4.84. The summed E-state index contributed by atoms with van der Waals surface area (Å²) in [7, 11) is 0. The summed E-state index contributed by atoms with van der Waals surface area (Å²) in [6, 6.07) is 14.6. The Kier molecular flexibility index (Phi) is 6.93. The van der Waals surface area contributed by atoms with Gasteiger partial charge in [0.25, 0.3) is 5.91 Å². The summed E-state index contributed by atoms with van der Waals surface area (Å²) in [4.78, 5) is 13.2. The zero-order valence-electron chi connectivity index (χ0n) is 18.9. The van der Waals surface area contributed by atoms with E-state index in [1.807, 2.05) is 28.8 Å². The van der Waals surface area contributed by atoms with Crippen LogP contribution in [0.25, 0.3) is 10.9 Å². The van der Waals surface area contributed by atoms with Gasteiger partial charge in [0, 0.05) is 23.5 Å². The number of halogens is 1. The number of hydrogen-bond acceptors (Lipinski definition) is 2. The van der Waals surface area contributed by atoms with E-state index in [0.29, 0.717) is 23.6 Å². The lowest BCUT2D eigenvalue weighted by Gasteiger charge is -2.23. The van der Waals surface area contributed by atoms with E-state index in [1.54, 1.807) is 18.2 Å². The lowest BCUT2D eigenvalue weighted by Crippen LogP contribution is -2.37. The van der Waals surface area contributed by atoms with Gasteiger partial charge in [-0.3, -0.25) is 4.79 Å². The van der Waals surface area contributed by atoms with Crippen LogP contribution in [0.2, 0.25) is 0 Å². The quantitative estimate of drug-likeness (QED) is 0.438. The molecule has 1 aliphatic carbocycles. The van der Waals surface area contributed by atoms with Gasteiger partial charge in [0.2, 0.25) is 0 Å². The van der Waals surface area contributed by atoms with Gasteiger partial charge in [-0.15, -0.1) is 0 Å². The molecule has 1 saturated carbocycles. The number of aromatic nitrogens is 1. The number of rotatable bonds is 7. The molecule has 1 aromatic heterocycles. The van der Waals surface area contributed by atoms with Crippen molar-refractivity contribution in [2.24, 2.45) is 0 Å². The Morgan fingerprint density at radius 2 is 1.91 bits per heavy atom. The molecule has 32 heavy (non-hydrogen) atoms. The van der Waals surface area contributed by atoms with Gasteiger partial charge in [-0.1, -0.05) is 55.2 Å².